The Hall–Kier alpha value is -1.16. The maximum Gasteiger partial charge on any atom is 0.129 e. The van der Waals surface area contributed by atoms with E-state index in [1.54, 1.807) is 6.33 Å². The monoisotopic (exact) mass is 237 g/mol. The van der Waals surface area contributed by atoms with E-state index in [-0.39, 0.29) is 6.04 Å². The van der Waals surface area contributed by atoms with Crippen molar-refractivity contribution in [2.45, 2.75) is 40.2 Å². The number of nitrogens with zero attached hydrogens (tertiary/aromatic N) is 2. The summed E-state index contributed by atoms with van der Waals surface area (Å²) in [6.45, 7) is 9.91. The molecule has 0 spiro atoms. The van der Waals surface area contributed by atoms with Crippen LogP contribution in [0.15, 0.2) is 12.4 Å². The maximum absolute atomic E-state index is 5.48. The minimum Gasteiger partial charge on any atom is -0.380 e. The van der Waals surface area contributed by atoms with Crippen molar-refractivity contribution in [3.05, 3.63) is 18.1 Å². The predicted octanol–water partition coefficient (Wildman–Crippen LogP) is 2.51. The summed E-state index contributed by atoms with van der Waals surface area (Å²) in [5.41, 5.74) is 1.06. The van der Waals surface area contributed by atoms with Gasteiger partial charge in [-0.1, -0.05) is 20.8 Å². The van der Waals surface area contributed by atoms with Crippen molar-refractivity contribution in [3.63, 3.8) is 0 Å². The summed E-state index contributed by atoms with van der Waals surface area (Å²) in [4.78, 5) is 8.43. The molecule has 0 saturated carbocycles. The van der Waals surface area contributed by atoms with Gasteiger partial charge in [-0.25, -0.2) is 9.97 Å². The Kier molecular flexibility index (Phi) is 5.91. The smallest absolute Gasteiger partial charge is 0.129 e. The molecule has 1 atom stereocenters. The second kappa shape index (κ2) is 7.22. The van der Waals surface area contributed by atoms with E-state index in [2.05, 4.69) is 36.1 Å². The topological polar surface area (TPSA) is 47.0 Å². The van der Waals surface area contributed by atoms with Crippen molar-refractivity contribution in [1.82, 2.24) is 9.97 Å². The fraction of sp³-hybridized carbons (Fsp3) is 0.692. The lowest BCUT2D eigenvalue weighted by molar-refractivity contribution is 0.126. The van der Waals surface area contributed by atoms with Gasteiger partial charge in [0.2, 0.25) is 0 Å². The Morgan fingerprint density at radius 1 is 1.29 bits per heavy atom. The van der Waals surface area contributed by atoms with Crippen molar-refractivity contribution < 1.29 is 4.74 Å². The fourth-order valence-electron chi connectivity index (χ4n) is 1.51. The van der Waals surface area contributed by atoms with Crippen molar-refractivity contribution in [3.8, 4) is 0 Å². The highest BCUT2D eigenvalue weighted by Gasteiger charge is 2.13. The highest BCUT2D eigenvalue weighted by molar-refractivity contribution is 5.36. The average molecular weight is 237 g/mol. The number of anilines is 1. The zero-order valence-electron chi connectivity index (χ0n) is 11.2. The van der Waals surface area contributed by atoms with Crippen molar-refractivity contribution in [2.75, 3.05) is 18.5 Å². The lowest BCUT2D eigenvalue weighted by Crippen LogP contribution is -2.31. The second-order valence-electron chi connectivity index (χ2n) is 4.40. The van der Waals surface area contributed by atoms with Crippen LogP contribution >= 0.6 is 0 Å². The zero-order chi connectivity index (χ0) is 12.7. The molecule has 0 bridgehead atoms. The quantitative estimate of drug-likeness (QED) is 0.791. The van der Waals surface area contributed by atoms with Crippen molar-refractivity contribution in [2.24, 2.45) is 5.92 Å². The summed E-state index contributed by atoms with van der Waals surface area (Å²) < 4.78 is 5.48. The first kappa shape index (κ1) is 13.9. The molecular weight excluding hydrogens is 214 g/mol. The molecule has 0 fully saturated rings. The number of hydrogen-bond donors (Lipinski definition) is 1. The van der Waals surface area contributed by atoms with Gasteiger partial charge in [-0.3, -0.25) is 0 Å². The van der Waals surface area contributed by atoms with Crippen LogP contribution in [0.1, 0.15) is 33.4 Å². The van der Waals surface area contributed by atoms with Crippen LogP contribution in [0.5, 0.6) is 0 Å². The van der Waals surface area contributed by atoms with Gasteiger partial charge in [0.15, 0.2) is 0 Å². The fourth-order valence-corrected chi connectivity index (χ4v) is 1.51. The molecule has 0 radical (unpaired) electrons. The molecule has 4 nitrogen and oxygen atoms in total. The van der Waals surface area contributed by atoms with E-state index >= 15 is 0 Å². The van der Waals surface area contributed by atoms with E-state index in [1.165, 1.54) is 0 Å². The van der Waals surface area contributed by atoms with Gasteiger partial charge in [0.1, 0.15) is 12.1 Å². The molecule has 0 aromatic carbocycles. The molecule has 4 heteroatoms. The Morgan fingerprint density at radius 2 is 2.06 bits per heavy atom. The molecule has 0 aliphatic heterocycles. The molecule has 0 aliphatic rings. The molecule has 0 amide bonds. The van der Waals surface area contributed by atoms with Gasteiger partial charge in [-0.2, -0.15) is 0 Å². The van der Waals surface area contributed by atoms with E-state index in [0.717, 1.165) is 24.5 Å². The SMILES string of the molecule is CCOCC(Nc1cc(CC)ncn1)C(C)C. The third kappa shape index (κ3) is 4.69. The first-order valence-corrected chi connectivity index (χ1v) is 6.32. The van der Waals surface area contributed by atoms with Crippen LogP contribution in [-0.4, -0.2) is 29.2 Å². The minimum atomic E-state index is 0.287. The highest BCUT2D eigenvalue weighted by Crippen LogP contribution is 2.11. The number of aryl methyl sites for hydroxylation is 1. The lowest BCUT2D eigenvalue weighted by atomic mass is 10.1. The summed E-state index contributed by atoms with van der Waals surface area (Å²) in [6.07, 6.45) is 2.54. The van der Waals surface area contributed by atoms with Gasteiger partial charge in [-0.15, -0.1) is 0 Å². The molecular formula is C13H23N3O. The van der Waals surface area contributed by atoms with Crippen LogP contribution in [0.25, 0.3) is 0 Å². The molecule has 1 aromatic heterocycles. The van der Waals surface area contributed by atoms with E-state index in [1.807, 2.05) is 13.0 Å². The molecule has 17 heavy (non-hydrogen) atoms. The molecule has 1 rings (SSSR count). The summed E-state index contributed by atoms with van der Waals surface area (Å²) in [5.74, 6) is 1.39. The lowest BCUT2D eigenvalue weighted by Gasteiger charge is -2.22. The first-order chi connectivity index (χ1) is 8.17. The molecule has 0 saturated heterocycles. The van der Waals surface area contributed by atoms with E-state index in [9.17, 15) is 0 Å². The van der Waals surface area contributed by atoms with Crippen LogP contribution in [-0.2, 0) is 11.2 Å². The Labute approximate surface area is 104 Å². The summed E-state index contributed by atoms with van der Waals surface area (Å²) in [5, 5.41) is 3.41. The van der Waals surface area contributed by atoms with Gasteiger partial charge in [-0.05, 0) is 19.3 Å². The van der Waals surface area contributed by atoms with E-state index in [4.69, 9.17) is 4.74 Å². The summed E-state index contributed by atoms with van der Waals surface area (Å²) in [7, 11) is 0. The molecule has 1 unspecified atom stereocenters. The first-order valence-electron chi connectivity index (χ1n) is 6.32. The molecule has 1 N–H and O–H groups in total. The van der Waals surface area contributed by atoms with Crippen molar-refractivity contribution in [1.29, 1.82) is 0 Å². The van der Waals surface area contributed by atoms with Gasteiger partial charge in [0.05, 0.1) is 12.6 Å². The number of rotatable bonds is 7. The van der Waals surface area contributed by atoms with Crippen LogP contribution in [0, 0.1) is 5.92 Å². The van der Waals surface area contributed by atoms with Crippen LogP contribution in [0.3, 0.4) is 0 Å². The number of hydrogen-bond acceptors (Lipinski definition) is 4. The highest BCUT2D eigenvalue weighted by atomic mass is 16.5. The van der Waals surface area contributed by atoms with Gasteiger partial charge in [0, 0.05) is 18.4 Å². The Morgan fingerprint density at radius 3 is 2.65 bits per heavy atom. The van der Waals surface area contributed by atoms with E-state index < -0.39 is 0 Å². The molecule has 1 heterocycles. The normalized spacial score (nSPS) is 12.8. The van der Waals surface area contributed by atoms with E-state index in [0.29, 0.717) is 12.5 Å². The largest absolute Gasteiger partial charge is 0.380 e. The minimum absolute atomic E-state index is 0.287. The third-order valence-corrected chi connectivity index (χ3v) is 2.73. The molecule has 1 aromatic rings. The summed E-state index contributed by atoms with van der Waals surface area (Å²) >= 11 is 0. The number of aromatic nitrogens is 2. The predicted molar refractivity (Wildman–Crippen MR) is 70.2 cm³/mol. The van der Waals surface area contributed by atoms with Gasteiger partial charge >= 0.3 is 0 Å². The third-order valence-electron chi connectivity index (χ3n) is 2.73. The second-order valence-corrected chi connectivity index (χ2v) is 4.40. The number of ether oxygens (including phenoxy) is 1. The zero-order valence-corrected chi connectivity index (χ0v) is 11.2. The average Bonchev–Trinajstić information content (AvgIpc) is 2.34. The Balaban J connectivity index is 2.64. The van der Waals surface area contributed by atoms with Crippen molar-refractivity contribution >= 4 is 5.82 Å². The molecule has 96 valence electrons. The van der Waals surface area contributed by atoms with Gasteiger partial charge in [0.25, 0.3) is 0 Å². The standard InChI is InChI=1S/C13H23N3O/c1-5-11-7-13(15-9-14-11)16-12(10(3)4)8-17-6-2/h7,9-10,12H,5-6,8H2,1-4H3,(H,14,15,16). The van der Waals surface area contributed by atoms with Crippen LogP contribution in [0.4, 0.5) is 5.82 Å². The Bertz CT molecular complexity index is 328. The summed E-state index contributed by atoms with van der Waals surface area (Å²) in [6, 6.07) is 2.29. The van der Waals surface area contributed by atoms with Gasteiger partial charge < -0.3 is 10.1 Å². The van der Waals surface area contributed by atoms with Crippen LogP contribution < -0.4 is 5.32 Å². The maximum atomic E-state index is 5.48. The molecule has 0 aliphatic carbocycles. The number of nitrogens with one attached hydrogen (secondary N) is 1. The van der Waals surface area contributed by atoms with Crippen LogP contribution in [0.2, 0.25) is 0 Å².